The number of hydrogen-bond donors (Lipinski definition) is 1. The van der Waals surface area contributed by atoms with Gasteiger partial charge in [-0.1, -0.05) is 0 Å². The summed E-state index contributed by atoms with van der Waals surface area (Å²) in [6, 6.07) is 3.01. The molecule has 1 N–H and O–H groups in total. The van der Waals surface area contributed by atoms with E-state index in [4.69, 9.17) is 8.97 Å². The van der Waals surface area contributed by atoms with Crippen LogP contribution in [0.1, 0.15) is 10.6 Å². The van der Waals surface area contributed by atoms with E-state index in [9.17, 15) is 18.0 Å². The van der Waals surface area contributed by atoms with Crippen molar-refractivity contribution >= 4 is 22.2 Å². The highest BCUT2D eigenvalue weighted by molar-refractivity contribution is 7.85. The van der Waals surface area contributed by atoms with Crippen LogP contribution in [0.3, 0.4) is 0 Å². The van der Waals surface area contributed by atoms with Gasteiger partial charge in [0.2, 0.25) is 11.8 Å². The standard InChI is InChI=1S/C7H5NO4.CH4O3S/c9-4-8-5-12-7(10)6-2-1-3-11-6;1-5(2,3)4/h1-3H,5H2;1H3,(H,2,3,4). The van der Waals surface area contributed by atoms with Crippen LogP contribution in [0.15, 0.2) is 27.8 Å². The van der Waals surface area contributed by atoms with Crippen molar-refractivity contribution in [2.24, 2.45) is 4.99 Å². The molecule has 0 aromatic carbocycles. The summed E-state index contributed by atoms with van der Waals surface area (Å²) in [5.74, 6) is -0.574. The lowest BCUT2D eigenvalue weighted by Crippen LogP contribution is -2.03. The lowest BCUT2D eigenvalue weighted by atomic mass is 10.5. The number of carbonyl (C=O) groups excluding carboxylic acids is 2. The second kappa shape index (κ2) is 7.34. The van der Waals surface area contributed by atoms with Crippen LogP contribution in [0.2, 0.25) is 0 Å². The maximum Gasteiger partial charge on any atom is 0.376 e. The van der Waals surface area contributed by atoms with Crippen molar-refractivity contribution in [2.75, 3.05) is 13.0 Å². The van der Waals surface area contributed by atoms with Crippen molar-refractivity contribution in [1.29, 1.82) is 0 Å². The smallest absolute Gasteiger partial charge is 0.376 e. The van der Waals surface area contributed by atoms with E-state index in [0.717, 1.165) is 0 Å². The van der Waals surface area contributed by atoms with Crippen LogP contribution < -0.4 is 0 Å². The van der Waals surface area contributed by atoms with Crippen LogP contribution >= 0.6 is 0 Å². The highest BCUT2D eigenvalue weighted by Crippen LogP contribution is 2.01. The molecule has 0 unspecified atom stereocenters. The van der Waals surface area contributed by atoms with E-state index in [-0.39, 0.29) is 12.5 Å². The maximum absolute atomic E-state index is 10.9. The van der Waals surface area contributed by atoms with Gasteiger partial charge in [0.25, 0.3) is 10.1 Å². The molecule has 94 valence electrons. The molecule has 17 heavy (non-hydrogen) atoms. The van der Waals surface area contributed by atoms with E-state index in [1.54, 1.807) is 6.07 Å². The third-order valence-corrected chi connectivity index (χ3v) is 1.05. The van der Waals surface area contributed by atoms with Crippen molar-refractivity contribution in [3.8, 4) is 0 Å². The van der Waals surface area contributed by atoms with Crippen LogP contribution in [0, 0.1) is 0 Å². The van der Waals surface area contributed by atoms with Gasteiger partial charge < -0.3 is 9.15 Å². The molecule has 0 fully saturated rings. The molecule has 0 saturated carbocycles. The minimum Gasteiger partial charge on any atom is -0.457 e. The van der Waals surface area contributed by atoms with Crippen molar-refractivity contribution in [2.45, 2.75) is 0 Å². The van der Waals surface area contributed by atoms with E-state index < -0.39 is 16.1 Å². The molecule has 0 aliphatic rings. The molecule has 1 aromatic rings. The van der Waals surface area contributed by atoms with Crippen molar-refractivity contribution < 1.29 is 31.7 Å². The SMILES string of the molecule is CS(=O)(=O)O.O=C=NCOC(=O)c1ccco1. The number of carbonyl (C=O) groups is 1. The Morgan fingerprint density at radius 1 is 1.65 bits per heavy atom. The molecular formula is C8H9NO7S. The predicted octanol–water partition coefficient (Wildman–Crippen LogP) is 0.234. The average Bonchev–Trinajstić information content (AvgIpc) is 2.68. The Labute approximate surface area is 96.7 Å². The monoisotopic (exact) mass is 263 g/mol. The molecule has 9 heteroatoms. The molecule has 0 aliphatic carbocycles. The predicted molar refractivity (Wildman–Crippen MR) is 54.6 cm³/mol. The fraction of sp³-hybridized carbons (Fsp3) is 0.250. The van der Waals surface area contributed by atoms with Gasteiger partial charge in [-0.15, -0.1) is 0 Å². The number of esters is 1. The molecule has 0 saturated heterocycles. The average molecular weight is 263 g/mol. The van der Waals surface area contributed by atoms with Gasteiger partial charge in [0.1, 0.15) is 0 Å². The van der Waals surface area contributed by atoms with E-state index in [2.05, 4.69) is 9.73 Å². The van der Waals surface area contributed by atoms with E-state index >= 15 is 0 Å². The van der Waals surface area contributed by atoms with Gasteiger partial charge in [0.15, 0.2) is 6.73 Å². The van der Waals surface area contributed by atoms with Crippen LogP contribution in [0.25, 0.3) is 0 Å². The van der Waals surface area contributed by atoms with Gasteiger partial charge >= 0.3 is 5.97 Å². The number of nitrogens with zero attached hydrogens (tertiary/aromatic N) is 1. The molecule has 0 radical (unpaired) electrons. The zero-order chi connectivity index (χ0) is 13.3. The van der Waals surface area contributed by atoms with Crippen molar-refractivity contribution in [3.05, 3.63) is 24.2 Å². The first kappa shape index (κ1) is 15.0. The Kier molecular flexibility index (Phi) is 6.49. The van der Waals surface area contributed by atoms with E-state index in [0.29, 0.717) is 6.26 Å². The Balaban J connectivity index is 0.000000437. The Bertz CT molecular complexity index is 476. The van der Waals surface area contributed by atoms with E-state index in [1.165, 1.54) is 18.4 Å². The summed E-state index contributed by atoms with van der Waals surface area (Å²) in [5.41, 5.74) is 0. The topological polar surface area (TPSA) is 123 Å². The molecule has 1 aromatic heterocycles. The molecule has 0 amide bonds. The molecular weight excluding hydrogens is 254 g/mol. The fourth-order valence-electron chi connectivity index (χ4n) is 0.583. The molecule has 0 spiro atoms. The van der Waals surface area contributed by atoms with E-state index in [1.807, 2.05) is 0 Å². The number of ether oxygens (including phenoxy) is 1. The van der Waals surface area contributed by atoms with Crippen LogP contribution in [-0.2, 0) is 19.6 Å². The van der Waals surface area contributed by atoms with Crippen LogP contribution in [-0.4, -0.2) is 38.0 Å². The summed E-state index contributed by atoms with van der Waals surface area (Å²) >= 11 is 0. The third kappa shape index (κ3) is 10.3. The first-order chi connectivity index (χ1) is 7.84. The zero-order valence-corrected chi connectivity index (χ0v) is 9.51. The molecule has 1 rings (SSSR count). The highest BCUT2D eigenvalue weighted by Gasteiger charge is 2.08. The second-order valence-electron chi connectivity index (χ2n) is 2.52. The first-order valence-corrected chi connectivity index (χ1v) is 5.86. The lowest BCUT2D eigenvalue weighted by Gasteiger charge is -1.94. The number of furan rings is 1. The quantitative estimate of drug-likeness (QED) is 0.358. The number of aliphatic imine (C=N–C) groups is 1. The van der Waals surface area contributed by atoms with Gasteiger partial charge in [-0.3, -0.25) is 4.55 Å². The molecule has 0 aliphatic heterocycles. The maximum atomic E-state index is 10.9. The fourth-order valence-corrected chi connectivity index (χ4v) is 0.583. The summed E-state index contributed by atoms with van der Waals surface area (Å²) in [4.78, 5) is 23.5. The third-order valence-electron chi connectivity index (χ3n) is 1.05. The largest absolute Gasteiger partial charge is 0.457 e. The van der Waals surface area contributed by atoms with Crippen molar-refractivity contribution in [1.82, 2.24) is 0 Å². The van der Waals surface area contributed by atoms with Crippen molar-refractivity contribution in [3.63, 3.8) is 0 Å². The Hall–Kier alpha value is -1.96. The van der Waals surface area contributed by atoms with Gasteiger partial charge in [-0.2, -0.15) is 13.4 Å². The van der Waals surface area contributed by atoms with Gasteiger partial charge in [-0.25, -0.2) is 9.59 Å². The van der Waals surface area contributed by atoms with Crippen LogP contribution in [0.5, 0.6) is 0 Å². The minimum atomic E-state index is -3.67. The molecule has 8 nitrogen and oxygen atoms in total. The molecule has 0 bridgehead atoms. The van der Waals surface area contributed by atoms with Crippen LogP contribution in [0.4, 0.5) is 0 Å². The summed E-state index contributed by atoms with van der Waals surface area (Å²) in [6.45, 7) is -0.330. The van der Waals surface area contributed by atoms with Gasteiger partial charge in [0.05, 0.1) is 12.5 Å². The summed E-state index contributed by atoms with van der Waals surface area (Å²) in [5, 5.41) is 0. The highest BCUT2D eigenvalue weighted by atomic mass is 32.2. The Morgan fingerprint density at radius 3 is 2.65 bits per heavy atom. The number of rotatable bonds is 3. The summed E-state index contributed by atoms with van der Waals surface area (Å²) in [7, 11) is -3.67. The minimum absolute atomic E-state index is 0.0797. The van der Waals surface area contributed by atoms with Gasteiger partial charge in [0, 0.05) is 0 Å². The summed E-state index contributed by atoms with van der Waals surface area (Å²) in [6.07, 6.45) is 3.30. The second-order valence-corrected chi connectivity index (χ2v) is 3.99. The number of hydrogen-bond acceptors (Lipinski definition) is 7. The first-order valence-electron chi connectivity index (χ1n) is 4.01. The number of isocyanates is 1. The molecule has 1 heterocycles. The molecule has 0 atom stereocenters. The van der Waals surface area contributed by atoms with Gasteiger partial charge in [-0.05, 0) is 12.1 Å². The normalized spacial score (nSPS) is 9.53. The zero-order valence-electron chi connectivity index (χ0n) is 8.69. The lowest BCUT2D eigenvalue weighted by molar-refractivity contribution is 0.0481. The summed E-state index contributed by atoms with van der Waals surface area (Å²) < 4.78 is 35.0. The Morgan fingerprint density at radius 2 is 2.24 bits per heavy atom.